The van der Waals surface area contributed by atoms with Crippen molar-refractivity contribution in [3.8, 4) is 5.69 Å². The first-order valence-corrected chi connectivity index (χ1v) is 11.6. The number of amides is 2. The number of carbonyl (C=O) groups excluding carboxylic acids is 2. The smallest absolute Gasteiger partial charge is 0.261 e. The van der Waals surface area contributed by atoms with Crippen molar-refractivity contribution in [3.63, 3.8) is 0 Å². The van der Waals surface area contributed by atoms with Gasteiger partial charge in [-0.15, -0.1) is 11.3 Å². The molecular formula is C23H22ClFN4O3S. The van der Waals surface area contributed by atoms with Gasteiger partial charge in [0.25, 0.3) is 11.5 Å². The minimum absolute atomic E-state index is 0.0400. The van der Waals surface area contributed by atoms with Crippen molar-refractivity contribution in [2.75, 3.05) is 18.4 Å². The molecule has 7 nitrogen and oxygen atoms in total. The molecule has 2 aromatic heterocycles. The van der Waals surface area contributed by atoms with Crippen LogP contribution in [0.5, 0.6) is 0 Å². The van der Waals surface area contributed by atoms with Gasteiger partial charge in [0.2, 0.25) is 5.91 Å². The highest BCUT2D eigenvalue weighted by molar-refractivity contribution is 7.18. The van der Waals surface area contributed by atoms with E-state index in [-0.39, 0.29) is 29.1 Å². The summed E-state index contributed by atoms with van der Waals surface area (Å²) >= 11 is 7.10. The molecule has 2 amide bonds. The molecular weight excluding hydrogens is 467 g/mol. The van der Waals surface area contributed by atoms with E-state index in [1.807, 2.05) is 4.90 Å². The number of nitrogens with one attached hydrogen (secondary N) is 2. The summed E-state index contributed by atoms with van der Waals surface area (Å²) in [5.41, 5.74) is 0.132. The second-order valence-corrected chi connectivity index (χ2v) is 9.51. The number of aromatic nitrogens is 1. The van der Waals surface area contributed by atoms with Crippen LogP contribution in [0.4, 0.5) is 10.1 Å². The van der Waals surface area contributed by atoms with Crippen LogP contribution in [0.3, 0.4) is 0 Å². The molecule has 0 radical (unpaired) electrons. The molecule has 0 saturated carbocycles. The van der Waals surface area contributed by atoms with E-state index >= 15 is 0 Å². The average Bonchev–Trinajstić information content (AvgIpc) is 3.44. The molecule has 33 heavy (non-hydrogen) atoms. The van der Waals surface area contributed by atoms with Gasteiger partial charge in [-0.2, -0.15) is 0 Å². The maximum atomic E-state index is 14.6. The van der Waals surface area contributed by atoms with Crippen LogP contribution in [0.1, 0.15) is 23.0 Å². The zero-order chi connectivity index (χ0) is 23.5. The number of rotatable bonds is 6. The Kier molecular flexibility index (Phi) is 6.92. The summed E-state index contributed by atoms with van der Waals surface area (Å²) in [6, 6.07) is 11.6. The largest absolute Gasteiger partial charge is 0.347 e. The Morgan fingerprint density at radius 3 is 2.73 bits per heavy atom. The fourth-order valence-electron chi connectivity index (χ4n) is 3.75. The minimum atomic E-state index is -0.634. The molecule has 2 atom stereocenters. The highest BCUT2D eigenvalue weighted by atomic mass is 35.5. The molecule has 3 aromatic rings. The molecule has 172 valence electrons. The third-order valence-corrected chi connectivity index (χ3v) is 6.82. The van der Waals surface area contributed by atoms with Crippen LogP contribution in [0.25, 0.3) is 5.69 Å². The topological polar surface area (TPSA) is 83.4 Å². The maximum absolute atomic E-state index is 14.6. The lowest BCUT2D eigenvalue weighted by Gasteiger charge is -2.23. The summed E-state index contributed by atoms with van der Waals surface area (Å²) in [5, 5.41) is 5.59. The average molecular weight is 489 g/mol. The first-order valence-electron chi connectivity index (χ1n) is 10.4. The van der Waals surface area contributed by atoms with Gasteiger partial charge in [-0.3, -0.25) is 23.9 Å². The molecule has 2 N–H and O–H groups in total. The molecule has 3 heterocycles. The van der Waals surface area contributed by atoms with E-state index in [0.29, 0.717) is 34.4 Å². The molecule has 1 unspecified atom stereocenters. The molecule has 0 spiro atoms. The summed E-state index contributed by atoms with van der Waals surface area (Å²) in [4.78, 5) is 39.5. The van der Waals surface area contributed by atoms with E-state index in [4.69, 9.17) is 11.6 Å². The fourth-order valence-corrected chi connectivity index (χ4v) is 4.69. The van der Waals surface area contributed by atoms with Gasteiger partial charge in [-0.1, -0.05) is 17.7 Å². The number of hydrogen-bond donors (Lipinski definition) is 2. The second-order valence-electron chi connectivity index (χ2n) is 7.80. The van der Waals surface area contributed by atoms with Gasteiger partial charge < -0.3 is 10.6 Å². The quantitative estimate of drug-likeness (QED) is 0.556. The summed E-state index contributed by atoms with van der Waals surface area (Å²) < 4.78 is 16.5. The molecule has 0 bridgehead atoms. The van der Waals surface area contributed by atoms with E-state index in [9.17, 15) is 18.8 Å². The molecule has 1 fully saturated rings. The molecule has 4 rings (SSSR count). The molecule has 1 saturated heterocycles. The Hall–Kier alpha value is -3.01. The van der Waals surface area contributed by atoms with Crippen molar-refractivity contribution in [2.45, 2.75) is 25.4 Å². The van der Waals surface area contributed by atoms with Crippen molar-refractivity contribution in [1.29, 1.82) is 0 Å². The van der Waals surface area contributed by atoms with E-state index in [1.165, 1.54) is 34.1 Å². The monoisotopic (exact) mass is 488 g/mol. The first kappa shape index (κ1) is 23.2. The van der Waals surface area contributed by atoms with Crippen LogP contribution >= 0.6 is 22.9 Å². The predicted molar refractivity (Wildman–Crippen MR) is 127 cm³/mol. The lowest BCUT2D eigenvalue weighted by molar-refractivity contribution is -0.120. The van der Waals surface area contributed by atoms with Gasteiger partial charge in [0.05, 0.1) is 26.6 Å². The standard InChI is InChI=1S/C23H22ClFN4O3S/c1-14(28-11-9-15(13-28)26-23(32)19-7-8-20(24)33-19)22(31)27-18-6-5-16(12-17(18)25)29-10-3-2-4-21(29)30/h2-8,10,12,14-15H,9,11,13H2,1H3,(H,26,32)(H,27,31)/t14-,15?/m1/s1. The van der Waals surface area contributed by atoms with Crippen molar-refractivity contribution >= 4 is 40.4 Å². The summed E-state index contributed by atoms with van der Waals surface area (Å²) in [6.45, 7) is 2.88. The van der Waals surface area contributed by atoms with Gasteiger partial charge in [0.15, 0.2) is 0 Å². The third-order valence-electron chi connectivity index (χ3n) is 5.59. The molecule has 1 aliphatic rings. The van der Waals surface area contributed by atoms with Crippen molar-refractivity contribution < 1.29 is 14.0 Å². The molecule has 10 heteroatoms. The first-order chi connectivity index (χ1) is 15.8. The van der Waals surface area contributed by atoms with Crippen LogP contribution < -0.4 is 16.2 Å². The van der Waals surface area contributed by atoms with Gasteiger partial charge >= 0.3 is 0 Å². The number of likely N-dealkylation sites (tertiary alicyclic amines) is 1. The number of benzene rings is 1. The van der Waals surface area contributed by atoms with Crippen LogP contribution in [0.2, 0.25) is 4.34 Å². The fraction of sp³-hybridized carbons (Fsp3) is 0.261. The minimum Gasteiger partial charge on any atom is -0.347 e. The Morgan fingerprint density at radius 2 is 2.03 bits per heavy atom. The van der Waals surface area contributed by atoms with Gasteiger partial charge in [-0.25, -0.2) is 4.39 Å². The predicted octanol–water partition coefficient (Wildman–Crippen LogP) is 3.52. The van der Waals surface area contributed by atoms with Crippen molar-refractivity contribution in [2.24, 2.45) is 0 Å². The Labute approximate surface area is 198 Å². The zero-order valence-electron chi connectivity index (χ0n) is 17.8. The number of carbonyl (C=O) groups is 2. The number of hydrogen-bond acceptors (Lipinski definition) is 5. The number of nitrogens with zero attached hydrogens (tertiary/aromatic N) is 2. The number of halogens is 2. The van der Waals surface area contributed by atoms with Gasteiger partial charge in [0, 0.05) is 37.5 Å². The summed E-state index contributed by atoms with van der Waals surface area (Å²) in [5.74, 6) is -1.17. The van der Waals surface area contributed by atoms with Crippen LogP contribution in [0.15, 0.2) is 59.5 Å². The second kappa shape index (κ2) is 9.86. The van der Waals surface area contributed by atoms with Crippen molar-refractivity contribution in [3.05, 3.63) is 80.1 Å². The lowest BCUT2D eigenvalue weighted by Crippen LogP contribution is -2.43. The summed E-state index contributed by atoms with van der Waals surface area (Å²) in [7, 11) is 0. The van der Waals surface area contributed by atoms with Crippen LogP contribution in [-0.4, -0.2) is 46.5 Å². The van der Waals surface area contributed by atoms with Crippen LogP contribution in [0, 0.1) is 5.82 Å². The normalized spacial score (nSPS) is 17.0. The summed E-state index contributed by atoms with van der Waals surface area (Å²) in [6.07, 6.45) is 2.25. The molecule has 1 aliphatic heterocycles. The number of pyridine rings is 1. The van der Waals surface area contributed by atoms with E-state index < -0.39 is 11.9 Å². The highest BCUT2D eigenvalue weighted by Gasteiger charge is 2.31. The Bertz CT molecular complexity index is 1240. The number of anilines is 1. The SMILES string of the molecule is C[C@H](C(=O)Nc1ccc(-n2ccccc2=O)cc1F)N1CCC(NC(=O)c2ccc(Cl)s2)C1. The highest BCUT2D eigenvalue weighted by Crippen LogP contribution is 2.23. The van der Waals surface area contributed by atoms with Gasteiger partial charge in [-0.05, 0) is 43.7 Å². The third kappa shape index (κ3) is 5.32. The lowest BCUT2D eigenvalue weighted by atomic mass is 10.2. The maximum Gasteiger partial charge on any atom is 0.261 e. The van der Waals surface area contributed by atoms with E-state index in [1.54, 1.807) is 43.5 Å². The molecule has 1 aromatic carbocycles. The van der Waals surface area contributed by atoms with Crippen LogP contribution in [-0.2, 0) is 4.79 Å². The number of thiophene rings is 1. The van der Waals surface area contributed by atoms with E-state index in [2.05, 4.69) is 10.6 Å². The van der Waals surface area contributed by atoms with E-state index in [0.717, 1.165) is 0 Å². The zero-order valence-corrected chi connectivity index (χ0v) is 19.3. The molecule has 0 aliphatic carbocycles. The Balaban J connectivity index is 1.35. The Morgan fingerprint density at radius 1 is 1.21 bits per heavy atom. The van der Waals surface area contributed by atoms with Gasteiger partial charge in [0.1, 0.15) is 5.82 Å². The van der Waals surface area contributed by atoms with Crippen molar-refractivity contribution in [1.82, 2.24) is 14.8 Å².